The first-order valence-electron chi connectivity index (χ1n) is 8.76. The fraction of sp³-hybridized carbons (Fsp3) is 0.632. The van der Waals surface area contributed by atoms with Gasteiger partial charge in [0.2, 0.25) is 0 Å². The van der Waals surface area contributed by atoms with E-state index in [1.165, 1.54) is 11.1 Å². The van der Waals surface area contributed by atoms with Gasteiger partial charge in [-0.25, -0.2) is 0 Å². The van der Waals surface area contributed by atoms with Crippen LogP contribution in [0.5, 0.6) is 0 Å². The van der Waals surface area contributed by atoms with Gasteiger partial charge in [-0.15, -0.1) is 24.0 Å². The molecule has 6 heteroatoms. The SMILES string of the molecule is CCNC(=NCC1(SC)CCOCC1)N(C)Cc1ccc(C)cc1.I. The molecule has 0 spiro atoms. The van der Waals surface area contributed by atoms with Crippen LogP contribution in [0.4, 0.5) is 0 Å². The van der Waals surface area contributed by atoms with E-state index in [1.54, 1.807) is 0 Å². The summed E-state index contributed by atoms with van der Waals surface area (Å²) >= 11 is 1.94. The first kappa shape index (κ1) is 22.6. The van der Waals surface area contributed by atoms with Crippen molar-refractivity contribution >= 4 is 41.7 Å². The minimum absolute atomic E-state index is 0. The summed E-state index contributed by atoms with van der Waals surface area (Å²) in [5.41, 5.74) is 2.60. The molecule has 1 saturated heterocycles. The number of hydrogen-bond donors (Lipinski definition) is 1. The van der Waals surface area contributed by atoms with Crippen LogP contribution in [-0.4, -0.2) is 55.2 Å². The number of thioether (sulfide) groups is 1. The predicted molar refractivity (Wildman–Crippen MR) is 120 cm³/mol. The lowest BCUT2D eigenvalue weighted by Gasteiger charge is -2.34. The van der Waals surface area contributed by atoms with E-state index in [9.17, 15) is 0 Å². The van der Waals surface area contributed by atoms with Crippen LogP contribution in [0.1, 0.15) is 30.9 Å². The molecular formula is C19H32IN3OS. The van der Waals surface area contributed by atoms with E-state index < -0.39 is 0 Å². The summed E-state index contributed by atoms with van der Waals surface area (Å²) in [5.74, 6) is 0.984. The van der Waals surface area contributed by atoms with Crippen LogP contribution in [-0.2, 0) is 11.3 Å². The average molecular weight is 477 g/mol. The average Bonchev–Trinajstić information content (AvgIpc) is 2.61. The van der Waals surface area contributed by atoms with Gasteiger partial charge in [0.1, 0.15) is 0 Å². The third-order valence-corrected chi connectivity index (χ3v) is 5.99. The van der Waals surface area contributed by atoms with Gasteiger partial charge < -0.3 is 15.0 Å². The van der Waals surface area contributed by atoms with Crippen molar-refractivity contribution in [3.8, 4) is 0 Å². The number of nitrogens with one attached hydrogen (secondary N) is 1. The molecule has 142 valence electrons. The van der Waals surface area contributed by atoms with Gasteiger partial charge in [-0.2, -0.15) is 11.8 Å². The highest BCUT2D eigenvalue weighted by Crippen LogP contribution is 2.34. The Hall–Kier alpha value is -0.470. The first-order chi connectivity index (χ1) is 11.6. The van der Waals surface area contributed by atoms with Gasteiger partial charge in [-0.1, -0.05) is 29.8 Å². The molecule has 0 bridgehead atoms. The summed E-state index contributed by atoms with van der Waals surface area (Å²) < 4.78 is 5.75. The van der Waals surface area contributed by atoms with Crippen LogP contribution in [0.2, 0.25) is 0 Å². The Kier molecular flexibility index (Phi) is 10.2. The summed E-state index contributed by atoms with van der Waals surface area (Å²) in [7, 11) is 2.11. The normalized spacial score (nSPS) is 16.9. The molecular weight excluding hydrogens is 445 g/mol. The van der Waals surface area contributed by atoms with Crippen molar-refractivity contribution in [2.24, 2.45) is 4.99 Å². The largest absolute Gasteiger partial charge is 0.381 e. The molecule has 1 aliphatic rings. The van der Waals surface area contributed by atoms with Crippen LogP contribution < -0.4 is 5.32 Å². The van der Waals surface area contributed by atoms with Crippen molar-refractivity contribution in [2.45, 2.75) is 38.0 Å². The summed E-state index contributed by atoms with van der Waals surface area (Å²) in [4.78, 5) is 7.16. The molecule has 1 fully saturated rings. The molecule has 0 radical (unpaired) electrons. The standard InChI is InChI=1S/C19H31N3OS.HI/c1-5-20-18(21-15-19(24-4)10-12-23-13-11-19)22(3)14-17-8-6-16(2)7-9-17;/h6-9H,5,10-15H2,1-4H3,(H,20,21);1H. The van der Waals surface area contributed by atoms with Crippen molar-refractivity contribution in [2.75, 3.05) is 39.6 Å². The Bertz CT molecular complexity index is 530. The number of benzene rings is 1. The molecule has 0 aromatic heterocycles. The lowest BCUT2D eigenvalue weighted by molar-refractivity contribution is 0.0793. The molecule has 0 saturated carbocycles. The van der Waals surface area contributed by atoms with E-state index in [0.717, 1.165) is 51.6 Å². The molecule has 0 atom stereocenters. The van der Waals surface area contributed by atoms with Gasteiger partial charge in [0.05, 0.1) is 6.54 Å². The number of aliphatic imine (C=N–C) groups is 1. The lowest BCUT2D eigenvalue weighted by Crippen LogP contribution is -2.41. The Morgan fingerprint density at radius 3 is 2.48 bits per heavy atom. The van der Waals surface area contributed by atoms with Gasteiger partial charge >= 0.3 is 0 Å². The monoisotopic (exact) mass is 477 g/mol. The Balaban J connectivity index is 0.00000312. The van der Waals surface area contributed by atoms with Crippen LogP contribution in [0.25, 0.3) is 0 Å². The summed E-state index contributed by atoms with van der Waals surface area (Å²) in [6.07, 6.45) is 4.36. The molecule has 1 aromatic rings. The molecule has 4 nitrogen and oxygen atoms in total. The van der Waals surface area contributed by atoms with Crippen molar-refractivity contribution in [1.82, 2.24) is 10.2 Å². The van der Waals surface area contributed by atoms with Crippen molar-refractivity contribution in [1.29, 1.82) is 0 Å². The van der Waals surface area contributed by atoms with E-state index in [2.05, 4.69) is 61.6 Å². The van der Waals surface area contributed by atoms with Gasteiger partial charge in [0.15, 0.2) is 5.96 Å². The number of rotatable bonds is 6. The van der Waals surface area contributed by atoms with Gasteiger partial charge in [-0.05, 0) is 38.5 Å². The van der Waals surface area contributed by atoms with E-state index >= 15 is 0 Å². The van der Waals surface area contributed by atoms with E-state index in [4.69, 9.17) is 9.73 Å². The lowest BCUT2D eigenvalue weighted by atomic mass is 9.99. The molecule has 25 heavy (non-hydrogen) atoms. The smallest absolute Gasteiger partial charge is 0.194 e. The number of aryl methyl sites for hydroxylation is 1. The van der Waals surface area contributed by atoms with Crippen molar-refractivity contribution < 1.29 is 4.74 Å². The Labute approximate surface area is 174 Å². The fourth-order valence-corrected chi connectivity index (χ4v) is 3.67. The first-order valence-corrected chi connectivity index (χ1v) is 9.99. The second-order valence-electron chi connectivity index (χ2n) is 6.51. The number of ether oxygens (including phenoxy) is 1. The van der Waals surface area contributed by atoms with E-state index in [-0.39, 0.29) is 28.7 Å². The van der Waals surface area contributed by atoms with Crippen molar-refractivity contribution in [3.05, 3.63) is 35.4 Å². The zero-order valence-electron chi connectivity index (χ0n) is 15.9. The number of hydrogen-bond acceptors (Lipinski definition) is 3. The van der Waals surface area contributed by atoms with Crippen LogP contribution in [0, 0.1) is 6.92 Å². The second kappa shape index (κ2) is 11.3. The quantitative estimate of drug-likeness (QED) is 0.383. The summed E-state index contributed by atoms with van der Waals surface area (Å²) in [5, 5.41) is 3.43. The maximum Gasteiger partial charge on any atom is 0.194 e. The van der Waals surface area contributed by atoms with E-state index in [0.29, 0.717) is 0 Å². The fourth-order valence-electron chi connectivity index (χ4n) is 2.90. The molecule has 0 unspecified atom stereocenters. The maximum atomic E-state index is 5.53. The highest BCUT2D eigenvalue weighted by atomic mass is 127. The highest BCUT2D eigenvalue weighted by molar-refractivity contribution is 14.0. The number of guanidine groups is 1. The predicted octanol–water partition coefficient (Wildman–Crippen LogP) is 3.92. The molecule has 0 amide bonds. The summed E-state index contributed by atoms with van der Waals surface area (Å²) in [6.45, 7) is 8.53. The van der Waals surface area contributed by atoms with Crippen molar-refractivity contribution in [3.63, 3.8) is 0 Å². The maximum absolute atomic E-state index is 5.53. The minimum Gasteiger partial charge on any atom is -0.381 e. The summed E-state index contributed by atoms with van der Waals surface area (Å²) in [6, 6.07) is 8.71. The van der Waals surface area contributed by atoms with Crippen LogP contribution >= 0.6 is 35.7 Å². The molecule has 1 aromatic carbocycles. The number of halogens is 1. The minimum atomic E-state index is 0. The Morgan fingerprint density at radius 1 is 1.28 bits per heavy atom. The van der Waals surface area contributed by atoms with E-state index in [1.807, 2.05) is 11.8 Å². The highest BCUT2D eigenvalue weighted by Gasteiger charge is 2.31. The van der Waals surface area contributed by atoms with Gasteiger partial charge in [-0.3, -0.25) is 4.99 Å². The molecule has 1 aliphatic heterocycles. The third-order valence-electron chi connectivity index (χ3n) is 4.59. The Morgan fingerprint density at radius 2 is 1.92 bits per heavy atom. The van der Waals surface area contributed by atoms with Gasteiger partial charge in [0.25, 0.3) is 0 Å². The molecule has 2 rings (SSSR count). The van der Waals surface area contributed by atoms with Gasteiger partial charge in [0, 0.05) is 38.1 Å². The molecule has 1 N–H and O–H groups in total. The van der Waals surface area contributed by atoms with Crippen LogP contribution in [0.3, 0.4) is 0 Å². The molecule has 0 aliphatic carbocycles. The zero-order chi connectivity index (χ0) is 17.4. The zero-order valence-corrected chi connectivity index (χ0v) is 19.0. The second-order valence-corrected chi connectivity index (χ2v) is 7.79. The number of nitrogens with zero attached hydrogens (tertiary/aromatic N) is 2. The topological polar surface area (TPSA) is 36.9 Å². The molecule has 1 heterocycles. The van der Waals surface area contributed by atoms with Crippen LogP contribution in [0.15, 0.2) is 29.3 Å². The third kappa shape index (κ3) is 6.98.